The van der Waals surface area contributed by atoms with Crippen LogP contribution in [0.4, 0.5) is 5.82 Å². The molecule has 1 aliphatic rings. The van der Waals surface area contributed by atoms with Gasteiger partial charge in [-0.05, 0) is 36.4 Å². The molecule has 2 aromatic heterocycles. The minimum atomic E-state index is 0.413. The Bertz CT molecular complexity index is 656. The van der Waals surface area contributed by atoms with Gasteiger partial charge in [-0.25, -0.2) is 9.97 Å². The summed E-state index contributed by atoms with van der Waals surface area (Å²) in [6.07, 6.45) is 5.01. The van der Waals surface area contributed by atoms with E-state index in [1.54, 1.807) is 0 Å². The van der Waals surface area contributed by atoms with Crippen LogP contribution >= 0.6 is 11.6 Å². The van der Waals surface area contributed by atoms with Crippen LogP contribution in [-0.4, -0.2) is 41.7 Å². The van der Waals surface area contributed by atoms with Gasteiger partial charge in [-0.3, -0.25) is 4.90 Å². The van der Waals surface area contributed by atoms with Crippen LogP contribution in [0.2, 0.25) is 5.15 Å². The van der Waals surface area contributed by atoms with Crippen LogP contribution in [0.1, 0.15) is 31.7 Å². The van der Waals surface area contributed by atoms with Crippen LogP contribution in [0.15, 0.2) is 18.5 Å². The highest BCUT2D eigenvalue weighted by Crippen LogP contribution is 2.32. The number of halogens is 1. The fraction of sp³-hybridized carbons (Fsp3) is 0.500. The molecule has 0 unspecified atom stereocenters. The molecule has 5 heteroatoms. The van der Waals surface area contributed by atoms with Crippen molar-refractivity contribution < 1.29 is 0 Å². The van der Waals surface area contributed by atoms with Crippen LogP contribution < -0.4 is 4.90 Å². The molecule has 0 spiro atoms. The second-order valence-corrected chi connectivity index (χ2v) is 6.47. The molecular weight excluding hydrogens is 284 g/mol. The highest BCUT2D eigenvalue weighted by Gasteiger charge is 2.20. The van der Waals surface area contributed by atoms with Gasteiger partial charge in [0.15, 0.2) is 0 Å². The first kappa shape index (κ1) is 14.5. The summed E-state index contributed by atoms with van der Waals surface area (Å²) < 4.78 is 0. The van der Waals surface area contributed by atoms with E-state index in [1.807, 2.05) is 18.5 Å². The molecule has 21 heavy (non-hydrogen) atoms. The fourth-order valence-corrected chi connectivity index (χ4v) is 3.12. The van der Waals surface area contributed by atoms with E-state index in [1.165, 1.54) is 10.9 Å². The van der Waals surface area contributed by atoms with Gasteiger partial charge in [0.1, 0.15) is 11.0 Å². The van der Waals surface area contributed by atoms with Crippen LogP contribution in [-0.2, 0) is 0 Å². The molecule has 0 aliphatic carbocycles. The summed E-state index contributed by atoms with van der Waals surface area (Å²) in [5, 5.41) is 2.81. The Morgan fingerprint density at radius 2 is 1.95 bits per heavy atom. The molecule has 0 amide bonds. The van der Waals surface area contributed by atoms with Crippen molar-refractivity contribution in [1.29, 1.82) is 0 Å². The summed E-state index contributed by atoms with van der Waals surface area (Å²) in [5.41, 5.74) is 1.23. The summed E-state index contributed by atoms with van der Waals surface area (Å²) in [6, 6.07) is 1.96. The van der Waals surface area contributed by atoms with E-state index in [4.69, 9.17) is 16.6 Å². The SMILES string of the molecule is CC(C)c1cnc(N2CCCN(C)C2)c2cnc(Cl)cc12. The maximum Gasteiger partial charge on any atom is 0.139 e. The van der Waals surface area contributed by atoms with Gasteiger partial charge in [-0.15, -0.1) is 0 Å². The van der Waals surface area contributed by atoms with Crippen LogP contribution in [0.25, 0.3) is 10.8 Å². The van der Waals surface area contributed by atoms with Gasteiger partial charge in [-0.2, -0.15) is 0 Å². The minimum absolute atomic E-state index is 0.413. The normalized spacial score (nSPS) is 16.9. The Hall–Kier alpha value is -1.39. The van der Waals surface area contributed by atoms with Crippen LogP contribution in [0, 0.1) is 0 Å². The van der Waals surface area contributed by atoms with Crippen molar-refractivity contribution in [3.63, 3.8) is 0 Å². The van der Waals surface area contributed by atoms with Crippen molar-refractivity contribution in [3.8, 4) is 0 Å². The molecular formula is C16H21ClN4. The lowest BCUT2D eigenvalue weighted by molar-refractivity contribution is 0.291. The van der Waals surface area contributed by atoms with E-state index < -0.39 is 0 Å². The summed E-state index contributed by atoms with van der Waals surface area (Å²) in [5.74, 6) is 1.43. The highest BCUT2D eigenvalue weighted by molar-refractivity contribution is 6.30. The number of pyridine rings is 2. The molecule has 0 N–H and O–H groups in total. The van der Waals surface area contributed by atoms with Gasteiger partial charge >= 0.3 is 0 Å². The molecule has 0 radical (unpaired) electrons. The third-order valence-electron chi connectivity index (χ3n) is 4.05. The van der Waals surface area contributed by atoms with E-state index in [0.29, 0.717) is 11.1 Å². The first-order valence-electron chi connectivity index (χ1n) is 7.44. The quantitative estimate of drug-likeness (QED) is 0.795. The van der Waals surface area contributed by atoms with Gasteiger partial charge in [0.25, 0.3) is 0 Å². The van der Waals surface area contributed by atoms with Crippen LogP contribution in [0.3, 0.4) is 0 Å². The topological polar surface area (TPSA) is 32.3 Å². The second-order valence-electron chi connectivity index (χ2n) is 6.08. The van der Waals surface area contributed by atoms with Gasteiger partial charge < -0.3 is 4.90 Å². The van der Waals surface area contributed by atoms with E-state index in [2.05, 4.69) is 35.7 Å². The molecule has 112 valence electrons. The number of rotatable bonds is 2. The molecule has 4 nitrogen and oxygen atoms in total. The Morgan fingerprint density at radius 1 is 1.14 bits per heavy atom. The average Bonchev–Trinajstić information content (AvgIpc) is 2.45. The zero-order chi connectivity index (χ0) is 15.0. The van der Waals surface area contributed by atoms with Gasteiger partial charge in [0.2, 0.25) is 0 Å². The van der Waals surface area contributed by atoms with Crippen molar-refractivity contribution in [2.45, 2.75) is 26.2 Å². The number of hydrogen-bond acceptors (Lipinski definition) is 4. The molecule has 1 aliphatic heterocycles. The smallest absolute Gasteiger partial charge is 0.139 e. The number of fused-ring (bicyclic) bond motifs is 1. The third kappa shape index (κ3) is 2.83. The lowest BCUT2D eigenvalue weighted by Gasteiger charge is -2.34. The first-order chi connectivity index (χ1) is 10.1. The maximum atomic E-state index is 6.10. The predicted octanol–water partition coefficient (Wildman–Crippen LogP) is 3.51. The van der Waals surface area contributed by atoms with E-state index >= 15 is 0 Å². The number of aromatic nitrogens is 2. The number of nitrogens with zero attached hydrogens (tertiary/aromatic N) is 4. The lowest BCUT2D eigenvalue weighted by Crippen LogP contribution is -2.43. The summed E-state index contributed by atoms with van der Waals surface area (Å²) in [6.45, 7) is 7.45. The molecule has 1 saturated heterocycles. The lowest BCUT2D eigenvalue weighted by atomic mass is 9.99. The fourth-order valence-electron chi connectivity index (χ4n) is 2.97. The van der Waals surface area contributed by atoms with Crippen molar-refractivity contribution in [3.05, 3.63) is 29.2 Å². The molecule has 1 fully saturated rings. The van der Waals surface area contributed by atoms with Crippen molar-refractivity contribution in [2.75, 3.05) is 31.7 Å². The average molecular weight is 305 g/mol. The van der Waals surface area contributed by atoms with Gasteiger partial charge in [-0.1, -0.05) is 25.4 Å². The van der Waals surface area contributed by atoms with Crippen molar-refractivity contribution in [1.82, 2.24) is 14.9 Å². The molecule has 0 bridgehead atoms. The summed E-state index contributed by atoms with van der Waals surface area (Å²) >= 11 is 6.10. The monoisotopic (exact) mass is 304 g/mol. The maximum absolute atomic E-state index is 6.10. The molecule has 0 atom stereocenters. The van der Waals surface area contributed by atoms with Crippen LogP contribution in [0.5, 0.6) is 0 Å². The zero-order valence-corrected chi connectivity index (χ0v) is 13.6. The Kier molecular flexibility index (Phi) is 4.00. The van der Waals surface area contributed by atoms with Crippen molar-refractivity contribution >= 4 is 28.2 Å². The second kappa shape index (κ2) is 5.78. The Morgan fingerprint density at radius 3 is 2.67 bits per heavy atom. The minimum Gasteiger partial charge on any atom is -0.343 e. The standard InChI is InChI=1S/C16H21ClN4/c1-11(2)13-8-19-16(21-6-4-5-20(3)10-21)14-9-18-15(17)7-12(13)14/h7-9,11H,4-6,10H2,1-3H3. The molecule has 3 heterocycles. The van der Waals surface area contributed by atoms with Gasteiger partial charge in [0.05, 0.1) is 6.67 Å². The highest BCUT2D eigenvalue weighted by atomic mass is 35.5. The van der Waals surface area contributed by atoms with Crippen molar-refractivity contribution in [2.24, 2.45) is 0 Å². The summed E-state index contributed by atoms with van der Waals surface area (Å²) in [7, 11) is 2.14. The van der Waals surface area contributed by atoms with E-state index in [9.17, 15) is 0 Å². The largest absolute Gasteiger partial charge is 0.343 e. The Balaban J connectivity index is 2.14. The van der Waals surface area contributed by atoms with Gasteiger partial charge in [0, 0.05) is 30.9 Å². The molecule has 2 aromatic rings. The zero-order valence-electron chi connectivity index (χ0n) is 12.8. The van der Waals surface area contributed by atoms with E-state index in [0.717, 1.165) is 37.4 Å². The van der Waals surface area contributed by atoms with E-state index in [-0.39, 0.29) is 0 Å². The molecule has 0 aromatic carbocycles. The first-order valence-corrected chi connectivity index (χ1v) is 7.81. The number of hydrogen-bond donors (Lipinski definition) is 0. The molecule has 0 saturated carbocycles. The Labute approximate surface area is 130 Å². The predicted molar refractivity (Wildman–Crippen MR) is 88.1 cm³/mol. The summed E-state index contributed by atoms with van der Waals surface area (Å²) in [4.78, 5) is 13.6. The third-order valence-corrected chi connectivity index (χ3v) is 4.26. The number of anilines is 1. The molecule has 3 rings (SSSR count).